The summed E-state index contributed by atoms with van der Waals surface area (Å²) in [6.07, 6.45) is 2.81. The summed E-state index contributed by atoms with van der Waals surface area (Å²) in [4.78, 5) is 14.5. The van der Waals surface area contributed by atoms with Gasteiger partial charge in [-0.3, -0.25) is 0 Å². The molecule has 1 spiro atoms. The molecule has 3 rings (SSSR count). The fourth-order valence-corrected chi connectivity index (χ4v) is 4.17. The lowest BCUT2D eigenvalue weighted by Gasteiger charge is -2.60. The molecule has 2 amide bonds. The molecule has 0 bridgehead atoms. The molecule has 0 aliphatic carbocycles. The molecule has 1 N–H and O–H groups in total. The van der Waals surface area contributed by atoms with Gasteiger partial charge in [-0.25, -0.2) is 4.79 Å². The molecule has 0 saturated carbocycles. The normalized spacial score (nSPS) is 23.1. The number of carbonyl (C=O) groups is 1. The molecule has 23 heavy (non-hydrogen) atoms. The van der Waals surface area contributed by atoms with Gasteiger partial charge in [0.1, 0.15) is 5.76 Å². The van der Waals surface area contributed by atoms with Crippen LogP contribution < -0.4 is 5.32 Å². The van der Waals surface area contributed by atoms with E-state index in [0.29, 0.717) is 24.9 Å². The predicted octanol–water partition coefficient (Wildman–Crippen LogP) is 2.37. The van der Waals surface area contributed by atoms with Crippen LogP contribution in [0.2, 0.25) is 0 Å². The number of nitrogens with one attached hydrogen (secondary N) is 1. The van der Waals surface area contributed by atoms with Crippen LogP contribution in [0.1, 0.15) is 38.1 Å². The van der Waals surface area contributed by atoms with Crippen molar-refractivity contribution in [3.05, 3.63) is 17.5 Å². The van der Waals surface area contributed by atoms with Crippen molar-refractivity contribution in [2.24, 2.45) is 11.3 Å². The van der Waals surface area contributed by atoms with Gasteiger partial charge in [-0.1, -0.05) is 19.0 Å². The van der Waals surface area contributed by atoms with E-state index in [1.54, 1.807) is 0 Å². The molecule has 1 aromatic heterocycles. The first-order valence-corrected chi connectivity index (χ1v) is 8.56. The summed E-state index contributed by atoms with van der Waals surface area (Å²) < 4.78 is 10.7. The second-order valence-electron chi connectivity index (χ2n) is 7.21. The fraction of sp³-hybridized carbons (Fsp3) is 0.765. The van der Waals surface area contributed by atoms with Gasteiger partial charge in [0.2, 0.25) is 0 Å². The number of hydrogen-bond acceptors (Lipinski definition) is 4. The molecule has 6 heteroatoms. The quantitative estimate of drug-likeness (QED) is 0.924. The first-order chi connectivity index (χ1) is 11.0. The van der Waals surface area contributed by atoms with Gasteiger partial charge in [-0.15, -0.1) is 0 Å². The summed E-state index contributed by atoms with van der Waals surface area (Å²) in [6.45, 7) is 9.38. The van der Waals surface area contributed by atoms with Crippen LogP contribution in [0.4, 0.5) is 4.79 Å². The summed E-state index contributed by atoms with van der Waals surface area (Å²) in [5.74, 6) is 1.28. The number of hydrogen-bond donors (Lipinski definition) is 1. The minimum atomic E-state index is 0.0389. The van der Waals surface area contributed by atoms with Crippen molar-refractivity contribution in [2.75, 3.05) is 26.3 Å². The van der Waals surface area contributed by atoms with E-state index in [4.69, 9.17) is 9.26 Å². The third-order valence-corrected chi connectivity index (χ3v) is 5.15. The molecule has 1 aromatic rings. The maximum absolute atomic E-state index is 12.5. The molecule has 2 saturated heterocycles. The third-order valence-electron chi connectivity index (χ3n) is 5.15. The summed E-state index contributed by atoms with van der Waals surface area (Å²) in [5.41, 5.74) is 1.14. The van der Waals surface area contributed by atoms with Gasteiger partial charge in [0.05, 0.1) is 5.69 Å². The van der Waals surface area contributed by atoms with E-state index in [2.05, 4.69) is 24.3 Å². The van der Waals surface area contributed by atoms with Gasteiger partial charge in [0.15, 0.2) is 0 Å². The van der Waals surface area contributed by atoms with E-state index in [9.17, 15) is 4.79 Å². The summed E-state index contributed by atoms with van der Waals surface area (Å²) in [7, 11) is 0. The molecular formula is C17H27N3O3. The van der Waals surface area contributed by atoms with E-state index in [1.165, 1.54) is 0 Å². The van der Waals surface area contributed by atoms with Crippen LogP contribution >= 0.6 is 0 Å². The first-order valence-electron chi connectivity index (χ1n) is 8.56. The van der Waals surface area contributed by atoms with Crippen LogP contribution in [0, 0.1) is 18.3 Å². The lowest BCUT2D eigenvalue weighted by Crippen LogP contribution is -2.71. The Bertz CT molecular complexity index is 549. The molecule has 0 aromatic carbocycles. The molecule has 3 heterocycles. The van der Waals surface area contributed by atoms with E-state index in [1.807, 2.05) is 17.9 Å². The highest BCUT2D eigenvalue weighted by molar-refractivity contribution is 5.76. The van der Waals surface area contributed by atoms with Crippen molar-refractivity contribution in [3.8, 4) is 0 Å². The highest BCUT2D eigenvalue weighted by atomic mass is 16.5. The third kappa shape index (κ3) is 3.22. The van der Waals surface area contributed by atoms with Gasteiger partial charge in [-0.2, -0.15) is 0 Å². The Kier molecular flexibility index (Phi) is 4.62. The van der Waals surface area contributed by atoms with Gasteiger partial charge in [-0.05, 0) is 25.7 Å². The molecular weight excluding hydrogens is 294 g/mol. The zero-order valence-electron chi connectivity index (χ0n) is 14.3. The van der Waals surface area contributed by atoms with E-state index in [0.717, 1.165) is 44.1 Å². The predicted molar refractivity (Wildman–Crippen MR) is 86.2 cm³/mol. The molecule has 0 radical (unpaired) electrons. The lowest BCUT2D eigenvalue weighted by atomic mass is 9.63. The Balaban J connectivity index is 1.53. The maximum atomic E-state index is 12.5. The molecule has 1 atom stereocenters. The van der Waals surface area contributed by atoms with Crippen molar-refractivity contribution >= 4 is 6.03 Å². The highest BCUT2D eigenvalue weighted by Gasteiger charge is 2.55. The number of urea groups is 1. The van der Waals surface area contributed by atoms with Crippen molar-refractivity contribution in [1.82, 2.24) is 15.4 Å². The van der Waals surface area contributed by atoms with Gasteiger partial charge < -0.3 is 19.5 Å². The molecule has 6 nitrogen and oxygen atoms in total. The van der Waals surface area contributed by atoms with Crippen LogP contribution in [0.25, 0.3) is 0 Å². The summed E-state index contributed by atoms with van der Waals surface area (Å²) >= 11 is 0. The van der Waals surface area contributed by atoms with Crippen molar-refractivity contribution in [1.29, 1.82) is 0 Å². The van der Waals surface area contributed by atoms with Crippen LogP contribution in [0.5, 0.6) is 0 Å². The summed E-state index contributed by atoms with van der Waals surface area (Å²) in [6, 6.07) is 2.26. The molecule has 1 unspecified atom stereocenters. The first kappa shape index (κ1) is 16.3. The average Bonchev–Trinajstić information content (AvgIpc) is 2.90. The second kappa shape index (κ2) is 6.51. The number of amides is 2. The van der Waals surface area contributed by atoms with Crippen LogP contribution in [-0.4, -0.2) is 48.4 Å². The number of aromatic nitrogens is 1. The van der Waals surface area contributed by atoms with Crippen LogP contribution in [0.15, 0.2) is 10.6 Å². The maximum Gasteiger partial charge on any atom is 0.317 e. The van der Waals surface area contributed by atoms with E-state index >= 15 is 0 Å². The van der Waals surface area contributed by atoms with Crippen molar-refractivity contribution in [3.63, 3.8) is 0 Å². The smallest absolute Gasteiger partial charge is 0.317 e. The number of rotatable bonds is 4. The minimum absolute atomic E-state index is 0.0389. The molecule has 2 aliphatic rings. The zero-order chi connectivity index (χ0) is 16.4. The number of aryl methyl sites for hydroxylation is 1. The fourth-order valence-electron chi connectivity index (χ4n) is 4.17. The summed E-state index contributed by atoms with van der Waals surface area (Å²) in [5, 5.41) is 6.88. The Hall–Kier alpha value is -1.56. The van der Waals surface area contributed by atoms with Crippen LogP contribution in [-0.2, 0) is 11.2 Å². The van der Waals surface area contributed by atoms with Gasteiger partial charge in [0, 0.05) is 50.2 Å². The van der Waals surface area contributed by atoms with Crippen molar-refractivity contribution < 1.29 is 14.1 Å². The minimum Gasteiger partial charge on any atom is -0.381 e. The SMILES string of the molecule is Cc1cc(CCNC(=O)N2CC3(CCOCC3)C2C(C)C)on1. The number of likely N-dealkylation sites (tertiary alicyclic amines) is 1. The van der Waals surface area contributed by atoms with Gasteiger partial charge >= 0.3 is 6.03 Å². The Morgan fingerprint density at radius 3 is 2.83 bits per heavy atom. The highest BCUT2D eigenvalue weighted by Crippen LogP contribution is 2.48. The second-order valence-corrected chi connectivity index (χ2v) is 7.21. The monoisotopic (exact) mass is 321 g/mol. The van der Waals surface area contributed by atoms with E-state index < -0.39 is 0 Å². The Labute approximate surface area is 137 Å². The standard InChI is InChI=1S/C17H27N3O3/c1-12(2)15-17(5-8-22-9-6-17)11-20(15)16(21)18-7-4-14-10-13(3)19-23-14/h10,12,15H,4-9,11H2,1-3H3,(H,18,21). The average molecular weight is 321 g/mol. The van der Waals surface area contributed by atoms with Crippen molar-refractivity contribution in [2.45, 2.75) is 46.1 Å². The van der Waals surface area contributed by atoms with Gasteiger partial charge in [0.25, 0.3) is 0 Å². The lowest BCUT2D eigenvalue weighted by molar-refractivity contribution is -0.124. The molecule has 128 valence electrons. The number of carbonyl (C=O) groups excluding carboxylic acids is 1. The topological polar surface area (TPSA) is 67.6 Å². The van der Waals surface area contributed by atoms with E-state index in [-0.39, 0.29) is 11.4 Å². The molecule has 2 aliphatic heterocycles. The zero-order valence-corrected chi connectivity index (χ0v) is 14.3. The number of ether oxygens (including phenoxy) is 1. The Morgan fingerprint density at radius 2 is 2.22 bits per heavy atom. The molecule has 2 fully saturated rings. The number of nitrogens with zero attached hydrogens (tertiary/aromatic N) is 2. The Morgan fingerprint density at radius 1 is 1.48 bits per heavy atom. The largest absolute Gasteiger partial charge is 0.381 e. The van der Waals surface area contributed by atoms with Crippen LogP contribution in [0.3, 0.4) is 0 Å².